The number of hydrogen-bond donors (Lipinski definition) is 0. The summed E-state index contributed by atoms with van der Waals surface area (Å²) in [5, 5.41) is 5.77. The van der Waals surface area contributed by atoms with Crippen molar-refractivity contribution in [2.75, 3.05) is 12.6 Å². The summed E-state index contributed by atoms with van der Waals surface area (Å²) in [5.74, 6) is 0. The molecule has 0 aliphatic rings. The fourth-order valence-corrected chi connectivity index (χ4v) is 9.13. The minimum absolute atomic E-state index is 0.0638. The Labute approximate surface area is 235 Å². The zero-order valence-corrected chi connectivity index (χ0v) is 25.7. The van der Waals surface area contributed by atoms with Gasteiger partial charge >= 0.3 is 35.0 Å². The molecule has 0 unspecified atom stereocenters. The monoisotopic (exact) mass is 645 g/mol. The number of halogens is 2. The summed E-state index contributed by atoms with van der Waals surface area (Å²) in [6.45, 7) is 7.08. The molecule has 6 heteroatoms. The van der Waals surface area contributed by atoms with E-state index in [4.69, 9.17) is 19.1 Å². The first-order valence-electron chi connectivity index (χ1n) is 11.8. The van der Waals surface area contributed by atoms with E-state index in [9.17, 15) is 0 Å². The molecule has 0 aliphatic heterocycles. The zero-order chi connectivity index (χ0) is 25.8. The van der Waals surface area contributed by atoms with Crippen LogP contribution in [0, 0.1) is 0 Å². The number of hydrogen-bond acceptors (Lipinski definition) is 1. The first-order chi connectivity index (χ1) is 17.4. The van der Waals surface area contributed by atoms with Crippen molar-refractivity contribution in [1.82, 2.24) is 4.90 Å². The van der Waals surface area contributed by atoms with E-state index in [-0.39, 0.29) is 21.5 Å². The van der Waals surface area contributed by atoms with Crippen molar-refractivity contribution in [1.29, 1.82) is 0 Å². The fourth-order valence-electron chi connectivity index (χ4n) is 3.87. The molecule has 192 valence electrons. The van der Waals surface area contributed by atoms with Gasteiger partial charge in [-0.25, -0.2) is 0 Å². The molecule has 0 saturated heterocycles. The number of nitrogens with zero attached hydrogens (tertiary/aromatic N) is 1. The molecule has 0 spiro atoms. The Morgan fingerprint density at radius 1 is 0.528 bits per heavy atom. The van der Waals surface area contributed by atoms with Crippen LogP contribution in [0.15, 0.2) is 121 Å². The third kappa shape index (κ3) is 9.05. The van der Waals surface area contributed by atoms with E-state index < -0.39 is 15.8 Å². The van der Waals surface area contributed by atoms with Gasteiger partial charge in [-0.3, -0.25) is 4.90 Å². The van der Waals surface area contributed by atoms with Crippen molar-refractivity contribution < 1.29 is 15.9 Å². The molecule has 0 saturated carbocycles. The zero-order valence-electron chi connectivity index (χ0n) is 20.9. The van der Waals surface area contributed by atoms with Crippen LogP contribution in [0.2, 0.25) is 0 Å². The molecule has 0 aromatic heterocycles. The van der Waals surface area contributed by atoms with E-state index in [2.05, 4.69) is 147 Å². The van der Waals surface area contributed by atoms with Crippen LogP contribution in [0.5, 0.6) is 0 Å². The molecule has 0 aliphatic carbocycles. The third-order valence-corrected chi connectivity index (χ3v) is 10.8. The Bertz CT molecular complexity index is 963. The van der Waals surface area contributed by atoms with Gasteiger partial charge in [0.1, 0.15) is 0 Å². The first-order valence-corrected chi connectivity index (χ1v) is 18.8. The van der Waals surface area contributed by atoms with Gasteiger partial charge < -0.3 is 0 Å². The Morgan fingerprint density at radius 3 is 0.944 bits per heavy atom. The predicted molar refractivity (Wildman–Crippen MR) is 161 cm³/mol. The SMILES string of the molecule is CC(C)(C)N(CP(c1ccccc1)c1ccccc1)CP(c1ccccc1)c1ccccc1.[Cl][Pd][Cl]. The van der Waals surface area contributed by atoms with Crippen molar-refractivity contribution in [2.45, 2.75) is 26.3 Å². The molecule has 4 aromatic carbocycles. The van der Waals surface area contributed by atoms with Crippen molar-refractivity contribution in [3.8, 4) is 0 Å². The summed E-state index contributed by atoms with van der Waals surface area (Å²) in [4.78, 5) is 2.73. The van der Waals surface area contributed by atoms with E-state index in [0.29, 0.717) is 0 Å². The van der Waals surface area contributed by atoms with Gasteiger partial charge in [-0.15, -0.1) is 0 Å². The van der Waals surface area contributed by atoms with E-state index in [1.807, 2.05) is 0 Å². The van der Waals surface area contributed by atoms with Gasteiger partial charge in [-0.2, -0.15) is 0 Å². The van der Waals surface area contributed by atoms with Gasteiger partial charge in [0.2, 0.25) is 0 Å². The van der Waals surface area contributed by atoms with E-state index in [1.165, 1.54) is 21.2 Å². The molecule has 36 heavy (non-hydrogen) atoms. The van der Waals surface area contributed by atoms with Crippen LogP contribution in [0.1, 0.15) is 20.8 Å². The molecular formula is C30H33Cl2NP2Pd. The van der Waals surface area contributed by atoms with Gasteiger partial charge in [0.15, 0.2) is 0 Å². The molecule has 0 bridgehead atoms. The van der Waals surface area contributed by atoms with Crippen molar-refractivity contribution >= 4 is 56.1 Å². The van der Waals surface area contributed by atoms with Crippen LogP contribution in [0.25, 0.3) is 0 Å². The number of rotatable bonds is 8. The van der Waals surface area contributed by atoms with Crippen LogP contribution in [-0.2, 0) is 15.9 Å². The van der Waals surface area contributed by atoms with Crippen LogP contribution >= 0.6 is 34.9 Å². The predicted octanol–water partition coefficient (Wildman–Crippen LogP) is 7.64. The second-order valence-electron chi connectivity index (χ2n) is 9.24. The topological polar surface area (TPSA) is 3.24 Å². The molecule has 0 atom stereocenters. The molecule has 0 N–H and O–H groups in total. The van der Waals surface area contributed by atoms with Gasteiger partial charge in [0.05, 0.1) is 0 Å². The van der Waals surface area contributed by atoms with E-state index in [0.717, 1.165) is 12.6 Å². The first kappa shape index (κ1) is 29.5. The molecule has 0 radical (unpaired) electrons. The summed E-state index contributed by atoms with van der Waals surface area (Å²) >= 11 is -0.106. The van der Waals surface area contributed by atoms with Gasteiger partial charge in [-0.1, -0.05) is 121 Å². The summed E-state index contributed by atoms with van der Waals surface area (Å²) in [5.41, 5.74) is 0.0638. The molecule has 4 rings (SSSR count). The molecule has 4 aromatic rings. The summed E-state index contributed by atoms with van der Waals surface area (Å²) in [7, 11) is 8.65. The number of benzene rings is 4. The van der Waals surface area contributed by atoms with E-state index >= 15 is 0 Å². The Balaban J connectivity index is 0.00000115. The second-order valence-corrected chi connectivity index (χ2v) is 15.9. The van der Waals surface area contributed by atoms with Crippen LogP contribution in [0.3, 0.4) is 0 Å². The Kier molecular flexibility index (Phi) is 12.6. The molecule has 1 nitrogen and oxygen atoms in total. The van der Waals surface area contributed by atoms with Gasteiger partial charge in [-0.05, 0) is 57.8 Å². The normalized spacial score (nSPS) is 11.6. The van der Waals surface area contributed by atoms with Gasteiger partial charge in [0, 0.05) is 18.1 Å². The maximum absolute atomic E-state index is 4.81. The average Bonchev–Trinajstić information content (AvgIpc) is 2.91. The van der Waals surface area contributed by atoms with Crippen molar-refractivity contribution in [3.63, 3.8) is 0 Å². The summed E-state index contributed by atoms with van der Waals surface area (Å²) in [6, 6.07) is 44.3. The van der Waals surface area contributed by atoms with Gasteiger partial charge in [0.25, 0.3) is 0 Å². The van der Waals surface area contributed by atoms with Crippen LogP contribution in [-0.4, -0.2) is 23.0 Å². The third-order valence-electron chi connectivity index (χ3n) is 5.84. The molecule has 0 amide bonds. The summed E-state index contributed by atoms with van der Waals surface area (Å²) in [6.07, 6.45) is 2.09. The fraction of sp³-hybridized carbons (Fsp3) is 0.200. The Morgan fingerprint density at radius 2 is 0.750 bits per heavy atom. The minimum atomic E-state index is -0.487. The summed E-state index contributed by atoms with van der Waals surface area (Å²) < 4.78 is 0. The molecule has 0 heterocycles. The Hall–Kier alpha value is -1.06. The molecule has 0 fully saturated rings. The van der Waals surface area contributed by atoms with Crippen LogP contribution < -0.4 is 21.2 Å². The van der Waals surface area contributed by atoms with Crippen molar-refractivity contribution in [2.24, 2.45) is 0 Å². The van der Waals surface area contributed by atoms with E-state index in [1.54, 1.807) is 0 Å². The van der Waals surface area contributed by atoms with Crippen LogP contribution in [0.4, 0.5) is 0 Å². The van der Waals surface area contributed by atoms with Crippen molar-refractivity contribution in [3.05, 3.63) is 121 Å². The quantitative estimate of drug-likeness (QED) is 0.141. The maximum atomic E-state index is 4.81. The molecular weight excluding hydrogens is 614 g/mol. The average molecular weight is 647 g/mol. The standard InChI is InChI=1S/C30H33NP2.2ClH.Pd/c1-30(2,3)31(24-32(26-16-8-4-9-17-26)27-18-10-5-11-19-27)25-33(28-20-12-6-13-21-28)29-22-14-7-15-23-29;;;/h4-23H,24-25H2,1-3H3;2*1H;/q;;;+2/p-2. The second kappa shape index (κ2) is 15.4.